The van der Waals surface area contributed by atoms with E-state index >= 15 is 0 Å². The van der Waals surface area contributed by atoms with Gasteiger partial charge in [-0.1, -0.05) is 0 Å². The normalized spacial score (nSPS) is 10.3. The molecule has 2 rings (SSSR count). The molecule has 0 fully saturated rings. The summed E-state index contributed by atoms with van der Waals surface area (Å²) in [6.07, 6.45) is 1.24. The molecule has 2 N–H and O–H groups in total. The molecule has 18 heavy (non-hydrogen) atoms. The molecule has 0 amide bonds. The number of halogens is 2. The standard InChI is InChI=1S/C12H9F2NO3/c13-8-1-2-10(9(14)5-8)15-6-7-3-4-18-11(7)12(16)17/h1-5,15H,6H2,(H,16,17). The summed E-state index contributed by atoms with van der Waals surface area (Å²) in [7, 11) is 0. The zero-order valence-electron chi connectivity index (χ0n) is 9.11. The Labute approximate surface area is 101 Å². The molecule has 1 aromatic heterocycles. The number of nitrogens with one attached hydrogen (secondary N) is 1. The molecule has 94 valence electrons. The van der Waals surface area contributed by atoms with E-state index in [0.29, 0.717) is 5.56 Å². The fourth-order valence-corrected chi connectivity index (χ4v) is 1.49. The summed E-state index contributed by atoms with van der Waals surface area (Å²) in [6, 6.07) is 4.57. The molecule has 0 saturated heterocycles. The summed E-state index contributed by atoms with van der Waals surface area (Å²) in [4.78, 5) is 10.8. The Balaban J connectivity index is 2.11. The molecule has 1 heterocycles. The highest BCUT2D eigenvalue weighted by atomic mass is 19.1. The van der Waals surface area contributed by atoms with Crippen LogP contribution in [0.15, 0.2) is 34.9 Å². The Morgan fingerprint density at radius 3 is 2.78 bits per heavy atom. The van der Waals surface area contributed by atoms with Crippen molar-refractivity contribution in [3.63, 3.8) is 0 Å². The molecule has 0 aliphatic rings. The maximum atomic E-state index is 13.3. The molecule has 2 aromatic rings. The fraction of sp³-hybridized carbons (Fsp3) is 0.0833. The van der Waals surface area contributed by atoms with Crippen molar-refractivity contribution in [2.24, 2.45) is 0 Å². The topological polar surface area (TPSA) is 62.5 Å². The summed E-state index contributed by atoms with van der Waals surface area (Å²) >= 11 is 0. The molecule has 0 bridgehead atoms. The van der Waals surface area contributed by atoms with Gasteiger partial charge in [0.25, 0.3) is 0 Å². The number of benzene rings is 1. The summed E-state index contributed by atoms with van der Waals surface area (Å²) in [6.45, 7) is 0.0701. The number of anilines is 1. The van der Waals surface area contributed by atoms with Crippen LogP contribution < -0.4 is 5.32 Å². The zero-order valence-corrected chi connectivity index (χ0v) is 9.11. The lowest BCUT2D eigenvalue weighted by molar-refractivity contribution is 0.0661. The Morgan fingerprint density at radius 2 is 2.11 bits per heavy atom. The molecule has 6 heteroatoms. The van der Waals surface area contributed by atoms with Gasteiger partial charge in [-0.2, -0.15) is 0 Å². The molecule has 0 saturated carbocycles. The maximum Gasteiger partial charge on any atom is 0.372 e. The van der Waals surface area contributed by atoms with Crippen LogP contribution in [-0.4, -0.2) is 11.1 Å². The number of carbonyl (C=O) groups is 1. The molecule has 0 atom stereocenters. The van der Waals surface area contributed by atoms with Crippen LogP contribution in [0, 0.1) is 11.6 Å². The number of hydrogen-bond acceptors (Lipinski definition) is 3. The van der Waals surface area contributed by atoms with Crippen LogP contribution in [0.3, 0.4) is 0 Å². The van der Waals surface area contributed by atoms with Crippen molar-refractivity contribution in [2.45, 2.75) is 6.54 Å². The minimum absolute atomic E-state index is 0.0701. The summed E-state index contributed by atoms with van der Waals surface area (Å²) in [5.41, 5.74) is 0.472. The molecule has 0 unspecified atom stereocenters. The first kappa shape index (κ1) is 12.1. The van der Waals surface area contributed by atoms with Crippen molar-refractivity contribution in [1.29, 1.82) is 0 Å². The third-order valence-corrected chi connectivity index (χ3v) is 2.34. The smallest absolute Gasteiger partial charge is 0.372 e. The van der Waals surface area contributed by atoms with Crippen LogP contribution >= 0.6 is 0 Å². The van der Waals surface area contributed by atoms with Crippen molar-refractivity contribution >= 4 is 11.7 Å². The van der Waals surface area contributed by atoms with Crippen molar-refractivity contribution < 1.29 is 23.1 Å². The van der Waals surface area contributed by atoms with Crippen LogP contribution in [0.1, 0.15) is 16.1 Å². The van der Waals surface area contributed by atoms with Crippen LogP contribution in [0.2, 0.25) is 0 Å². The number of hydrogen-bond donors (Lipinski definition) is 2. The Hall–Kier alpha value is -2.37. The molecule has 1 aromatic carbocycles. The van der Waals surface area contributed by atoms with E-state index in [9.17, 15) is 13.6 Å². The first-order valence-electron chi connectivity index (χ1n) is 5.06. The van der Waals surface area contributed by atoms with Gasteiger partial charge in [0.05, 0.1) is 12.0 Å². The Kier molecular flexibility index (Phi) is 3.27. The number of furan rings is 1. The van der Waals surface area contributed by atoms with E-state index in [1.165, 1.54) is 18.4 Å². The number of carboxylic acid groups (broad SMARTS) is 1. The van der Waals surface area contributed by atoms with E-state index in [1.54, 1.807) is 0 Å². The van der Waals surface area contributed by atoms with Crippen molar-refractivity contribution in [2.75, 3.05) is 5.32 Å². The van der Waals surface area contributed by atoms with Gasteiger partial charge in [-0.25, -0.2) is 13.6 Å². The van der Waals surface area contributed by atoms with Gasteiger partial charge in [-0.15, -0.1) is 0 Å². The lowest BCUT2D eigenvalue weighted by Crippen LogP contribution is -2.05. The summed E-state index contributed by atoms with van der Waals surface area (Å²) in [5, 5.41) is 11.5. The van der Waals surface area contributed by atoms with Crippen LogP contribution in [-0.2, 0) is 6.54 Å². The first-order chi connectivity index (χ1) is 8.58. The second-order valence-corrected chi connectivity index (χ2v) is 3.56. The predicted molar refractivity (Wildman–Crippen MR) is 59.4 cm³/mol. The third kappa shape index (κ3) is 2.48. The lowest BCUT2D eigenvalue weighted by atomic mass is 10.2. The molecule has 0 aliphatic heterocycles. The number of aromatic carboxylic acids is 1. The molecular formula is C12H9F2NO3. The summed E-state index contributed by atoms with van der Waals surface area (Å²) in [5.74, 6) is -2.82. The molecule has 0 aliphatic carbocycles. The van der Waals surface area contributed by atoms with Crippen LogP contribution in [0.4, 0.5) is 14.5 Å². The minimum Gasteiger partial charge on any atom is -0.475 e. The van der Waals surface area contributed by atoms with Crippen molar-refractivity contribution in [1.82, 2.24) is 0 Å². The van der Waals surface area contributed by atoms with E-state index in [4.69, 9.17) is 9.52 Å². The van der Waals surface area contributed by atoms with E-state index in [-0.39, 0.29) is 18.0 Å². The van der Waals surface area contributed by atoms with Crippen LogP contribution in [0.5, 0.6) is 0 Å². The fourth-order valence-electron chi connectivity index (χ4n) is 1.49. The largest absolute Gasteiger partial charge is 0.475 e. The molecular weight excluding hydrogens is 244 g/mol. The molecule has 0 radical (unpaired) electrons. The molecule has 4 nitrogen and oxygen atoms in total. The SMILES string of the molecule is O=C(O)c1occc1CNc1ccc(F)cc1F. The van der Waals surface area contributed by atoms with Crippen LogP contribution in [0.25, 0.3) is 0 Å². The van der Waals surface area contributed by atoms with Crippen molar-refractivity contribution in [3.05, 3.63) is 53.5 Å². The van der Waals surface area contributed by atoms with Gasteiger partial charge in [0.1, 0.15) is 11.6 Å². The Bertz CT molecular complexity index is 580. The second-order valence-electron chi connectivity index (χ2n) is 3.56. The number of carboxylic acids is 1. The monoisotopic (exact) mass is 253 g/mol. The average molecular weight is 253 g/mol. The maximum absolute atomic E-state index is 13.3. The van der Waals surface area contributed by atoms with Gasteiger partial charge in [0, 0.05) is 18.2 Å². The highest BCUT2D eigenvalue weighted by Gasteiger charge is 2.14. The minimum atomic E-state index is -1.20. The zero-order chi connectivity index (χ0) is 13.1. The van der Waals surface area contributed by atoms with E-state index in [0.717, 1.165) is 12.1 Å². The molecule has 0 spiro atoms. The van der Waals surface area contributed by atoms with Gasteiger partial charge < -0.3 is 14.8 Å². The quantitative estimate of drug-likeness (QED) is 0.879. The van der Waals surface area contributed by atoms with Gasteiger partial charge in [0.2, 0.25) is 5.76 Å². The average Bonchev–Trinajstić information content (AvgIpc) is 2.76. The Morgan fingerprint density at radius 1 is 1.33 bits per heavy atom. The van der Waals surface area contributed by atoms with E-state index in [2.05, 4.69) is 5.32 Å². The second kappa shape index (κ2) is 4.87. The highest BCUT2D eigenvalue weighted by Crippen LogP contribution is 2.17. The van der Waals surface area contributed by atoms with Gasteiger partial charge in [0.15, 0.2) is 0 Å². The van der Waals surface area contributed by atoms with Gasteiger partial charge in [-0.05, 0) is 18.2 Å². The predicted octanol–water partition coefficient (Wildman–Crippen LogP) is 2.87. The lowest BCUT2D eigenvalue weighted by Gasteiger charge is -2.06. The third-order valence-electron chi connectivity index (χ3n) is 2.34. The summed E-state index contributed by atoms with van der Waals surface area (Å²) < 4.78 is 30.7. The number of rotatable bonds is 4. The van der Waals surface area contributed by atoms with Gasteiger partial charge >= 0.3 is 5.97 Å². The van der Waals surface area contributed by atoms with E-state index in [1.807, 2.05) is 0 Å². The first-order valence-corrected chi connectivity index (χ1v) is 5.06. The van der Waals surface area contributed by atoms with Gasteiger partial charge in [-0.3, -0.25) is 0 Å². The van der Waals surface area contributed by atoms with Crippen molar-refractivity contribution in [3.8, 4) is 0 Å². The van der Waals surface area contributed by atoms with E-state index < -0.39 is 17.6 Å². The highest BCUT2D eigenvalue weighted by molar-refractivity contribution is 5.86.